The van der Waals surface area contributed by atoms with E-state index in [2.05, 4.69) is 50.0 Å². The molecular formula is C13H21BrN4O. The summed E-state index contributed by atoms with van der Waals surface area (Å²) in [6.07, 6.45) is 0. The van der Waals surface area contributed by atoms with Gasteiger partial charge in [0.1, 0.15) is 16.2 Å². The number of nitrogens with one attached hydrogen (secondary N) is 1. The Kier molecular flexibility index (Phi) is 5.54. The standard InChI is InChI=1S/C13H21BrN4O/c1-10(2)13-16-11(14)9-12(17-13)15-3-4-18-5-7-19-8-6-18/h9-10H,3-8H2,1-2H3,(H,15,16,17). The first-order valence-corrected chi connectivity index (χ1v) is 7.53. The molecule has 0 unspecified atom stereocenters. The average molecular weight is 329 g/mol. The Hall–Kier alpha value is -0.720. The van der Waals surface area contributed by atoms with E-state index in [0.717, 1.165) is 55.6 Å². The van der Waals surface area contributed by atoms with Gasteiger partial charge >= 0.3 is 0 Å². The molecular weight excluding hydrogens is 308 g/mol. The van der Waals surface area contributed by atoms with Crippen LogP contribution in [0.3, 0.4) is 0 Å². The topological polar surface area (TPSA) is 50.3 Å². The molecule has 1 aliphatic heterocycles. The van der Waals surface area contributed by atoms with Crippen LogP contribution in [-0.2, 0) is 4.74 Å². The molecule has 1 aliphatic rings. The van der Waals surface area contributed by atoms with Crippen LogP contribution in [0.4, 0.5) is 5.82 Å². The van der Waals surface area contributed by atoms with Gasteiger partial charge in [-0.1, -0.05) is 13.8 Å². The molecule has 19 heavy (non-hydrogen) atoms. The van der Waals surface area contributed by atoms with E-state index in [9.17, 15) is 0 Å². The van der Waals surface area contributed by atoms with E-state index in [-0.39, 0.29) is 0 Å². The summed E-state index contributed by atoms with van der Waals surface area (Å²) in [7, 11) is 0. The molecule has 0 aromatic carbocycles. The van der Waals surface area contributed by atoms with Gasteiger partial charge in [-0.15, -0.1) is 0 Å². The molecule has 106 valence electrons. The van der Waals surface area contributed by atoms with Gasteiger partial charge in [0.25, 0.3) is 0 Å². The lowest BCUT2D eigenvalue weighted by Gasteiger charge is -2.26. The predicted molar refractivity (Wildman–Crippen MR) is 79.6 cm³/mol. The van der Waals surface area contributed by atoms with Crippen molar-refractivity contribution in [2.75, 3.05) is 44.7 Å². The maximum absolute atomic E-state index is 5.33. The highest BCUT2D eigenvalue weighted by Crippen LogP contribution is 2.17. The SMILES string of the molecule is CC(C)c1nc(Br)cc(NCCN2CCOCC2)n1. The lowest BCUT2D eigenvalue weighted by atomic mass is 10.2. The Labute approximate surface area is 122 Å². The third-order valence-corrected chi connectivity index (χ3v) is 3.47. The molecule has 0 saturated carbocycles. The summed E-state index contributed by atoms with van der Waals surface area (Å²) >= 11 is 3.43. The van der Waals surface area contributed by atoms with Crippen LogP contribution in [0.15, 0.2) is 10.7 Å². The normalized spacial score (nSPS) is 16.8. The first-order valence-electron chi connectivity index (χ1n) is 6.73. The van der Waals surface area contributed by atoms with E-state index < -0.39 is 0 Å². The van der Waals surface area contributed by atoms with Gasteiger partial charge in [-0.05, 0) is 15.9 Å². The fourth-order valence-electron chi connectivity index (χ4n) is 1.95. The molecule has 0 bridgehead atoms. The van der Waals surface area contributed by atoms with Crippen LogP contribution in [0.25, 0.3) is 0 Å². The minimum Gasteiger partial charge on any atom is -0.379 e. The van der Waals surface area contributed by atoms with Crippen molar-refractivity contribution in [3.63, 3.8) is 0 Å². The third kappa shape index (κ3) is 4.71. The highest BCUT2D eigenvalue weighted by Gasteiger charge is 2.10. The van der Waals surface area contributed by atoms with Gasteiger partial charge < -0.3 is 10.1 Å². The van der Waals surface area contributed by atoms with Gasteiger partial charge in [-0.25, -0.2) is 9.97 Å². The van der Waals surface area contributed by atoms with Crippen molar-refractivity contribution in [2.24, 2.45) is 0 Å². The van der Waals surface area contributed by atoms with Gasteiger partial charge in [0.15, 0.2) is 0 Å². The largest absolute Gasteiger partial charge is 0.379 e. The molecule has 1 fully saturated rings. The molecule has 1 N–H and O–H groups in total. The van der Waals surface area contributed by atoms with Crippen LogP contribution in [-0.4, -0.2) is 54.3 Å². The van der Waals surface area contributed by atoms with Gasteiger partial charge in [0.05, 0.1) is 13.2 Å². The monoisotopic (exact) mass is 328 g/mol. The smallest absolute Gasteiger partial charge is 0.134 e. The second-order valence-electron chi connectivity index (χ2n) is 4.97. The Morgan fingerprint density at radius 3 is 2.79 bits per heavy atom. The van der Waals surface area contributed by atoms with E-state index >= 15 is 0 Å². The number of rotatable bonds is 5. The van der Waals surface area contributed by atoms with Crippen molar-refractivity contribution in [3.05, 3.63) is 16.5 Å². The second-order valence-corrected chi connectivity index (χ2v) is 5.78. The zero-order valence-corrected chi connectivity index (χ0v) is 13.1. The highest BCUT2D eigenvalue weighted by molar-refractivity contribution is 9.10. The van der Waals surface area contributed by atoms with Crippen molar-refractivity contribution in [1.82, 2.24) is 14.9 Å². The Morgan fingerprint density at radius 1 is 1.37 bits per heavy atom. The van der Waals surface area contributed by atoms with E-state index in [4.69, 9.17) is 4.74 Å². The maximum Gasteiger partial charge on any atom is 0.134 e. The average Bonchev–Trinajstić information content (AvgIpc) is 2.39. The molecule has 0 spiro atoms. The zero-order valence-electron chi connectivity index (χ0n) is 11.5. The van der Waals surface area contributed by atoms with Crippen molar-refractivity contribution >= 4 is 21.7 Å². The number of nitrogens with zero attached hydrogens (tertiary/aromatic N) is 3. The fourth-order valence-corrected chi connectivity index (χ4v) is 2.35. The molecule has 0 atom stereocenters. The summed E-state index contributed by atoms with van der Waals surface area (Å²) in [6, 6.07) is 1.92. The molecule has 0 amide bonds. The zero-order chi connectivity index (χ0) is 13.7. The predicted octanol–water partition coefficient (Wildman–Crippen LogP) is 2.11. The molecule has 5 nitrogen and oxygen atoms in total. The first-order chi connectivity index (χ1) is 9.15. The Bertz CT molecular complexity index is 408. The van der Waals surface area contributed by atoms with E-state index in [1.165, 1.54) is 0 Å². The van der Waals surface area contributed by atoms with E-state index in [1.54, 1.807) is 0 Å². The van der Waals surface area contributed by atoms with Crippen LogP contribution < -0.4 is 5.32 Å². The van der Waals surface area contributed by atoms with Crippen LogP contribution in [0.5, 0.6) is 0 Å². The summed E-state index contributed by atoms with van der Waals surface area (Å²) in [5.41, 5.74) is 0. The number of morpholine rings is 1. The molecule has 2 rings (SSSR count). The van der Waals surface area contributed by atoms with Gasteiger partial charge in [-0.3, -0.25) is 4.90 Å². The minimum absolute atomic E-state index is 0.331. The minimum atomic E-state index is 0.331. The summed E-state index contributed by atoms with van der Waals surface area (Å²) in [6.45, 7) is 9.83. The van der Waals surface area contributed by atoms with E-state index in [1.807, 2.05) is 6.07 Å². The first kappa shape index (κ1) is 14.7. The van der Waals surface area contributed by atoms with Crippen LogP contribution in [0.1, 0.15) is 25.6 Å². The summed E-state index contributed by atoms with van der Waals surface area (Å²) in [5.74, 6) is 2.08. The lowest BCUT2D eigenvalue weighted by molar-refractivity contribution is 0.0398. The van der Waals surface area contributed by atoms with Crippen molar-refractivity contribution in [3.8, 4) is 0 Å². The number of aromatic nitrogens is 2. The molecule has 0 aliphatic carbocycles. The molecule has 0 radical (unpaired) electrons. The molecule has 6 heteroatoms. The molecule has 1 saturated heterocycles. The van der Waals surface area contributed by atoms with Crippen LogP contribution >= 0.6 is 15.9 Å². The summed E-state index contributed by atoms with van der Waals surface area (Å²) in [4.78, 5) is 11.3. The number of ether oxygens (including phenoxy) is 1. The fraction of sp³-hybridized carbons (Fsp3) is 0.692. The maximum atomic E-state index is 5.33. The molecule has 1 aromatic rings. The second kappa shape index (κ2) is 7.17. The third-order valence-electron chi connectivity index (χ3n) is 3.07. The number of anilines is 1. The number of hydrogen-bond donors (Lipinski definition) is 1. The van der Waals surface area contributed by atoms with Crippen LogP contribution in [0, 0.1) is 0 Å². The van der Waals surface area contributed by atoms with Crippen molar-refractivity contribution in [2.45, 2.75) is 19.8 Å². The Morgan fingerprint density at radius 2 is 2.11 bits per heavy atom. The van der Waals surface area contributed by atoms with Gasteiger partial charge in [0, 0.05) is 38.2 Å². The lowest BCUT2D eigenvalue weighted by Crippen LogP contribution is -2.39. The molecule has 2 heterocycles. The number of hydrogen-bond acceptors (Lipinski definition) is 5. The van der Waals surface area contributed by atoms with Crippen molar-refractivity contribution < 1.29 is 4.74 Å². The quantitative estimate of drug-likeness (QED) is 0.839. The van der Waals surface area contributed by atoms with Gasteiger partial charge in [0.2, 0.25) is 0 Å². The van der Waals surface area contributed by atoms with Crippen molar-refractivity contribution in [1.29, 1.82) is 0 Å². The highest BCUT2D eigenvalue weighted by atomic mass is 79.9. The summed E-state index contributed by atoms with van der Waals surface area (Å²) in [5, 5.41) is 3.36. The van der Waals surface area contributed by atoms with Crippen LogP contribution in [0.2, 0.25) is 0 Å². The Balaban J connectivity index is 1.84. The van der Waals surface area contributed by atoms with E-state index in [0.29, 0.717) is 5.92 Å². The van der Waals surface area contributed by atoms with Gasteiger partial charge in [-0.2, -0.15) is 0 Å². The molecule has 1 aromatic heterocycles. The number of halogens is 1. The summed E-state index contributed by atoms with van der Waals surface area (Å²) < 4.78 is 6.17.